The molecule has 0 radical (unpaired) electrons. The topological polar surface area (TPSA) is 49.4 Å². The second kappa shape index (κ2) is 6.19. The first-order valence-electron chi connectivity index (χ1n) is 8.52. The van der Waals surface area contributed by atoms with E-state index in [1.54, 1.807) is 18.2 Å². The third-order valence-corrected chi connectivity index (χ3v) is 5.46. The number of benzene rings is 2. The van der Waals surface area contributed by atoms with Crippen molar-refractivity contribution in [1.29, 1.82) is 0 Å². The fraction of sp³-hybridized carbons (Fsp3) is 0.300. The Balaban J connectivity index is 1.50. The fourth-order valence-electron chi connectivity index (χ4n) is 3.44. The number of nitrogens with zero attached hydrogens (tertiary/aromatic N) is 1. The van der Waals surface area contributed by atoms with Crippen molar-refractivity contribution in [2.45, 2.75) is 25.8 Å². The summed E-state index contributed by atoms with van der Waals surface area (Å²) in [4.78, 5) is 27.6. The summed E-state index contributed by atoms with van der Waals surface area (Å²) in [5, 5.41) is 3.31. The lowest BCUT2D eigenvalue weighted by Gasteiger charge is -2.31. The van der Waals surface area contributed by atoms with Gasteiger partial charge >= 0.3 is 0 Å². The van der Waals surface area contributed by atoms with E-state index in [0.717, 1.165) is 6.42 Å². The summed E-state index contributed by atoms with van der Waals surface area (Å²) >= 11 is 6.11. The summed E-state index contributed by atoms with van der Waals surface area (Å²) < 4.78 is 0. The quantitative estimate of drug-likeness (QED) is 0.855. The molecule has 0 saturated heterocycles. The number of halogens is 1. The van der Waals surface area contributed by atoms with Crippen LogP contribution in [0.3, 0.4) is 0 Å². The minimum Gasteiger partial charge on any atom is -0.337 e. The Kier molecular flexibility index (Phi) is 4.00. The molecule has 0 bridgehead atoms. The number of rotatable bonds is 3. The first-order chi connectivity index (χ1) is 12.1. The summed E-state index contributed by atoms with van der Waals surface area (Å²) in [6.45, 7) is 1.24. The van der Waals surface area contributed by atoms with Crippen LogP contribution in [0.15, 0.2) is 48.5 Å². The van der Waals surface area contributed by atoms with E-state index < -0.39 is 5.41 Å². The number of anilines is 1. The highest BCUT2D eigenvalue weighted by atomic mass is 35.5. The molecular weight excluding hydrogens is 336 g/mol. The maximum Gasteiger partial charge on any atom is 0.240 e. The van der Waals surface area contributed by atoms with Crippen LogP contribution in [0.4, 0.5) is 5.69 Å². The molecule has 25 heavy (non-hydrogen) atoms. The van der Waals surface area contributed by atoms with Gasteiger partial charge in [0.1, 0.15) is 5.41 Å². The number of carbonyl (C=O) groups is 2. The molecule has 2 aliphatic rings. The lowest BCUT2D eigenvalue weighted by molar-refractivity contribution is -0.143. The highest BCUT2D eigenvalue weighted by Gasteiger charge is 2.58. The van der Waals surface area contributed by atoms with Gasteiger partial charge in [0.2, 0.25) is 11.8 Å². The van der Waals surface area contributed by atoms with Crippen molar-refractivity contribution in [3.8, 4) is 0 Å². The molecule has 0 spiro atoms. The molecule has 128 valence electrons. The van der Waals surface area contributed by atoms with Gasteiger partial charge in [0.15, 0.2) is 0 Å². The van der Waals surface area contributed by atoms with E-state index in [-0.39, 0.29) is 11.8 Å². The van der Waals surface area contributed by atoms with Gasteiger partial charge in [-0.15, -0.1) is 0 Å². The molecule has 1 heterocycles. The monoisotopic (exact) mass is 354 g/mol. The molecule has 2 aromatic carbocycles. The second-order valence-corrected chi connectivity index (χ2v) is 7.17. The number of carbonyl (C=O) groups excluding carboxylic acids is 2. The molecule has 1 saturated carbocycles. The Morgan fingerprint density at radius 2 is 1.68 bits per heavy atom. The maximum atomic E-state index is 13.0. The largest absolute Gasteiger partial charge is 0.337 e. The average molecular weight is 355 g/mol. The Morgan fingerprint density at radius 1 is 1.00 bits per heavy atom. The number of amides is 2. The lowest BCUT2D eigenvalue weighted by atomic mass is 9.97. The Labute approximate surface area is 151 Å². The van der Waals surface area contributed by atoms with Crippen LogP contribution in [0.1, 0.15) is 24.0 Å². The summed E-state index contributed by atoms with van der Waals surface area (Å²) in [6.07, 6.45) is 2.03. The van der Waals surface area contributed by atoms with Crippen molar-refractivity contribution < 1.29 is 9.59 Å². The third kappa shape index (κ3) is 2.91. The highest BCUT2D eigenvalue weighted by molar-refractivity contribution is 6.34. The van der Waals surface area contributed by atoms with Gasteiger partial charge in [-0.1, -0.05) is 48.0 Å². The van der Waals surface area contributed by atoms with Gasteiger partial charge in [-0.3, -0.25) is 9.59 Å². The molecule has 4 rings (SSSR count). The minimum absolute atomic E-state index is 0.0634. The number of nitrogens with one attached hydrogen (secondary N) is 1. The maximum absolute atomic E-state index is 13.0. The number of hydrogen-bond acceptors (Lipinski definition) is 2. The van der Waals surface area contributed by atoms with E-state index in [0.29, 0.717) is 36.6 Å². The predicted molar refractivity (Wildman–Crippen MR) is 97.3 cm³/mol. The van der Waals surface area contributed by atoms with E-state index in [2.05, 4.69) is 17.4 Å². The van der Waals surface area contributed by atoms with E-state index in [1.807, 2.05) is 23.1 Å². The van der Waals surface area contributed by atoms with E-state index in [4.69, 9.17) is 11.6 Å². The van der Waals surface area contributed by atoms with Crippen LogP contribution in [-0.4, -0.2) is 23.3 Å². The zero-order chi connectivity index (χ0) is 17.4. The summed E-state index contributed by atoms with van der Waals surface area (Å²) in [6, 6.07) is 15.3. The molecule has 1 aliphatic carbocycles. The second-order valence-electron chi connectivity index (χ2n) is 6.76. The van der Waals surface area contributed by atoms with Crippen LogP contribution >= 0.6 is 11.6 Å². The number of hydrogen-bond donors (Lipinski definition) is 1. The average Bonchev–Trinajstić information content (AvgIpc) is 3.44. The molecule has 1 aliphatic heterocycles. The van der Waals surface area contributed by atoms with Crippen LogP contribution in [-0.2, 0) is 22.6 Å². The van der Waals surface area contributed by atoms with E-state index in [1.165, 1.54) is 11.1 Å². The third-order valence-electron chi connectivity index (χ3n) is 5.13. The molecule has 5 heteroatoms. The van der Waals surface area contributed by atoms with Gasteiger partial charge in [-0.05, 0) is 42.5 Å². The van der Waals surface area contributed by atoms with Crippen LogP contribution < -0.4 is 5.32 Å². The predicted octanol–water partition coefficient (Wildman–Crippen LogP) is 3.64. The summed E-state index contributed by atoms with van der Waals surface area (Å²) in [5.74, 6) is -0.309. The van der Waals surface area contributed by atoms with E-state index >= 15 is 0 Å². The van der Waals surface area contributed by atoms with Crippen molar-refractivity contribution in [1.82, 2.24) is 4.90 Å². The van der Waals surface area contributed by atoms with Crippen LogP contribution in [0.25, 0.3) is 0 Å². The highest BCUT2D eigenvalue weighted by Crippen LogP contribution is 2.49. The molecule has 0 atom stereocenters. The first kappa shape index (κ1) is 16.2. The smallest absolute Gasteiger partial charge is 0.240 e. The van der Waals surface area contributed by atoms with Gasteiger partial charge in [0, 0.05) is 13.1 Å². The molecule has 0 aromatic heterocycles. The molecule has 1 N–H and O–H groups in total. The Bertz CT molecular complexity index is 845. The summed E-state index contributed by atoms with van der Waals surface area (Å²) in [7, 11) is 0. The van der Waals surface area contributed by atoms with Crippen molar-refractivity contribution in [3.05, 3.63) is 64.7 Å². The molecule has 4 nitrogen and oxygen atoms in total. The number of para-hydroxylation sites is 1. The molecule has 1 fully saturated rings. The van der Waals surface area contributed by atoms with Gasteiger partial charge in [0.25, 0.3) is 0 Å². The van der Waals surface area contributed by atoms with E-state index in [9.17, 15) is 9.59 Å². The fourth-order valence-corrected chi connectivity index (χ4v) is 3.62. The van der Waals surface area contributed by atoms with Crippen molar-refractivity contribution in [2.24, 2.45) is 5.41 Å². The minimum atomic E-state index is -0.925. The zero-order valence-electron chi connectivity index (χ0n) is 13.8. The molecular formula is C20H19ClN2O2. The summed E-state index contributed by atoms with van der Waals surface area (Å²) in [5.41, 5.74) is 2.09. The standard InChI is InChI=1S/C20H19ClN2O2/c21-16-7-3-4-8-17(16)22-18(24)20(10-11-20)19(25)23-12-9-14-5-1-2-6-15(14)13-23/h1-8H,9-13H2,(H,22,24). The van der Waals surface area contributed by atoms with Gasteiger partial charge in [-0.2, -0.15) is 0 Å². The Morgan fingerprint density at radius 3 is 2.40 bits per heavy atom. The number of fused-ring (bicyclic) bond motifs is 1. The Hall–Kier alpha value is -2.33. The van der Waals surface area contributed by atoms with Crippen LogP contribution in [0.2, 0.25) is 5.02 Å². The van der Waals surface area contributed by atoms with Crippen LogP contribution in [0.5, 0.6) is 0 Å². The van der Waals surface area contributed by atoms with Crippen LogP contribution in [0, 0.1) is 5.41 Å². The van der Waals surface area contributed by atoms with Crippen molar-refractivity contribution >= 4 is 29.1 Å². The molecule has 0 unspecified atom stereocenters. The van der Waals surface area contributed by atoms with Crippen molar-refractivity contribution in [3.63, 3.8) is 0 Å². The van der Waals surface area contributed by atoms with Crippen molar-refractivity contribution in [2.75, 3.05) is 11.9 Å². The van der Waals surface area contributed by atoms with Gasteiger partial charge in [-0.25, -0.2) is 0 Å². The first-order valence-corrected chi connectivity index (χ1v) is 8.90. The van der Waals surface area contributed by atoms with Gasteiger partial charge in [0.05, 0.1) is 10.7 Å². The zero-order valence-corrected chi connectivity index (χ0v) is 14.6. The lowest BCUT2D eigenvalue weighted by Crippen LogP contribution is -2.45. The van der Waals surface area contributed by atoms with Gasteiger partial charge < -0.3 is 10.2 Å². The normalized spacial score (nSPS) is 17.6. The molecule has 2 amide bonds. The SMILES string of the molecule is O=C(Nc1ccccc1Cl)C1(C(=O)N2CCc3ccccc3C2)CC1. The molecule has 2 aromatic rings.